The number of aromatic nitrogens is 2. The maximum absolute atomic E-state index is 12.5. The molecule has 1 fully saturated rings. The smallest absolute Gasteiger partial charge is 0.270 e. The van der Waals surface area contributed by atoms with E-state index in [1.807, 2.05) is 0 Å². The molecule has 1 unspecified atom stereocenters. The van der Waals surface area contributed by atoms with E-state index in [1.54, 1.807) is 6.07 Å². The van der Waals surface area contributed by atoms with Crippen molar-refractivity contribution in [3.05, 3.63) is 47.4 Å². The molecule has 150 valence electrons. The Kier molecular flexibility index (Phi) is 6.62. The van der Waals surface area contributed by atoms with Gasteiger partial charge in [-0.1, -0.05) is 45.9 Å². The number of hydrogen-bond acceptors (Lipinski definition) is 5. The first-order valence-corrected chi connectivity index (χ1v) is 10.1. The summed E-state index contributed by atoms with van der Waals surface area (Å²) in [5, 5.41) is 6.35. The van der Waals surface area contributed by atoms with Gasteiger partial charge >= 0.3 is 0 Å². The van der Waals surface area contributed by atoms with Crippen LogP contribution in [0.4, 0.5) is 11.5 Å². The van der Waals surface area contributed by atoms with Gasteiger partial charge in [-0.05, 0) is 35.8 Å². The van der Waals surface area contributed by atoms with E-state index >= 15 is 0 Å². The minimum atomic E-state index is -0.206. The first kappa shape index (κ1) is 20.3. The predicted molar refractivity (Wildman–Crippen MR) is 111 cm³/mol. The third-order valence-electron chi connectivity index (χ3n) is 5.04. The van der Waals surface area contributed by atoms with Crippen LogP contribution in [0.3, 0.4) is 0 Å². The van der Waals surface area contributed by atoms with Crippen molar-refractivity contribution in [1.29, 1.82) is 0 Å². The molecule has 0 aliphatic carbocycles. The zero-order valence-electron chi connectivity index (χ0n) is 17.2. The summed E-state index contributed by atoms with van der Waals surface area (Å²) in [5.41, 5.74) is 3.88. The van der Waals surface area contributed by atoms with Crippen LogP contribution < -0.4 is 10.6 Å². The molecule has 0 saturated carbocycles. The molecule has 1 atom stereocenters. The molecule has 1 aliphatic rings. The van der Waals surface area contributed by atoms with Crippen molar-refractivity contribution in [2.75, 3.05) is 18.5 Å². The molecule has 1 saturated heterocycles. The second-order valence-electron chi connectivity index (χ2n) is 7.88. The van der Waals surface area contributed by atoms with Gasteiger partial charge in [-0.25, -0.2) is 9.97 Å². The fourth-order valence-electron chi connectivity index (χ4n) is 3.48. The van der Waals surface area contributed by atoms with E-state index in [0.717, 1.165) is 25.1 Å². The highest BCUT2D eigenvalue weighted by molar-refractivity contribution is 5.93. The van der Waals surface area contributed by atoms with Gasteiger partial charge in [0.25, 0.3) is 5.91 Å². The van der Waals surface area contributed by atoms with Crippen molar-refractivity contribution < 1.29 is 9.53 Å². The Morgan fingerprint density at radius 3 is 2.50 bits per heavy atom. The summed E-state index contributed by atoms with van der Waals surface area (Å²) >= 11 is 0. The predicted octanol–water partition coefficient (Wildman–Crippen LogP) is 4.38. The Hall–Kier alpha value is -2.47. The second-order valence-corrected chi connectivity index (χ2v) is 7.88. The number of ether oxygens (including phenoxy) is 1. The van der Waals surface area contributed by atoms with Crippen molar-refractivity contribution in [3.8, 4) is 0 Å². The van der Waals surface area contributed by atoms with E-state index in [2.05, 4.69) is 66.5 Å². The summed E-state index contributed by atoms with van der Waals surface area (Å²) in [7, 11) is 0. The number of hydrogen-bond donors (Lipinski definition) is 2. The molecule has 2 N–H and O–H groups in total. The van der Waals surface area contributed by atoms with Crippen LogP contribution in [-0.4, -0.2) is 35.1 Å². The minimum absolute atomic E-state index is 0.106. The van der Waals surface area contributed by atoms with Crippen molar-refractivity contribution in [3.63, 3.8) is 0 Å². The molecule has 0 bridgehead atoms. The maximum Gasteiger partial charge on any atom is 0.270 e. The molecule has 1 aromatic carbocycles. The summed E-state index contributed by atoms with van der Waals surface area (Å²) in [6, 6.07) is 8.07. The topological polar surface area (TPSA) is 76.1 Å². The molecule has 0 radical (unpaired) electrons. The molecular weight excluding hydrogens is 352 g/mol. The van der Waals surface area contributed by atoms with E-state index < -0.39 is 0 Å². The molecular formula is C22H30N4O2. The van der Waals surface area contributed by atoms with Crippen LogP contribution in [0.1, 0.15) is 74.0 Å². The normalized spacial score (nSPS) is 16.6. The largest absolute Gasteiger partial charge is 0.376 e. The summed E-state index contributed by atoms with van der Waals surface area (Å²) in [6.45, 7) is 9.99. The van der Waals surface area contributed by atoms with Gasteiger partial charge in [-0.2, -0.15) is 0 Å². The van der Waals surface area contributed by atoms with E-state index in [-0.39, 0.29) is 12.0 Å². The van der Waals surface area contributed by atoms with Crippen molar-refractivity contribution in [2.24, 2.45) is 0 Å². The van der Waals surface area contributed by atoms with Crippen molar-refractivity contribution in [2.45, 2.75) is 58.5 Å². The molecule has 3 rings (SSSR count). The third kappa shape index (κ3) is 4.87. The van der Waals surface area contributed by atoms with Gasteiger partial charge in [0.15, 0.2) is 0 Å². The number of rotatable bonds is 7. The molecule has 2 heterocycles. The Morgan fingerprint density at radius 1 is 1.18 bits per heavy atom. The molecule has 0 spiro atoms. The third-order valence-corrected chi connectivity index (χ3v) is 5.04. The quantitative estimate of drug-likeness (QED) is 0.743. The number of carbonyl (C=O) groups excluding carboxylic acids is 1. The summed E-state index contributed by atoms with van der Waals surface area (Å²) in [6.07, 6.45) is 3.57. The maximum atomic E-state index is 12.5. The SMILES string of the molecule is CC(C)c1cccc(C(C)C)c1Nc1cc(C(=O)NCC2CCCO2)ncn1. The first-order chi connectivity index (χ1) is 13.5. The molecule has 6 nitrogen and oxygen atoms in total. The van der Waals surface area contributed by atoms with Crippen LogP contribution in [0.5, 0.6) is 0 Å². The number of anilines is 2. The van der Waals surface area contributed by atoms with Gasteiger partial charge in [-0.15, -0.1) is 0 Å². The molecule has 1 aromatic heterocycles. The number of nitrogens with zero attached hydrogens (tertiary/aromatic N) is 2. The fourth-order valence-corrected chi connectivity index (χ4v) is 3.48. The number of benzene rings is 1. The second kappa shape index (κ2) is 9.15. The zero-order valence-corrected chi connectivity index (χ0v) is 17.2. The number of carbonyl (C=O) groups is 1. The number of nitrogens with one attached hydrogen (secondary N) is 2. The van der Waals surface area contributed by atoms with Crippen LogP contribution in [0.25, 0.3) is 0 Å². The van der Waals surface area contributed by atoms with Gasteiger partial charge in [0, 0.05) is 24.9 Å². The Morgan fingerprint density at radius 2 is 1.89 bits per heavy atom. The lowest BCUT2D eigenvalue weighted by atomic mass is 9.92. The fraction of sp³-hybridized carbons (Fsp3) is 0.500. The standard InChI is InChI=1S/C22H30N4O2/c1-14(2)17-8-5-9-18(15(3)4)21(17)26-20-11-19(24-13-25-20)22(27)23-12-16-7-6-10-28-16/h5,8-9,11,13-16H,6-7,10,12H2,1-4H3,(H,23,27)(H,24,25,26). The Bertz CT molecular complexity index is 788. The minimum Gasteiger partial charge on any atom is -0.376 e. The molecule has 28 heavy (non-hydrogen) atoms. The number of para-hydroxylation sites is 1. The summed E-state index contributed by atoms with van der Waals surface area (Å²) < 4.78 is 5.55. The lowest BCUT2D eigenvalue weighted by Gasteiger charge is -2.20. The van der Waals surface area contributed by atoms with Crippen LogP contribution in [0, 0.1) is 0 Å². The molecule has 1 aliphatic heterocycles. The lowest BCUT2D eigenvalue weighted by molar-refractivity contribution is 0.0853. The highest BCUT2D eigenvalue weighted by Gasteiger charge is 2.18. The van der Waals surface area contributed by atoms with Crippen LogP contribution in [0.2, 0.25) is 0 Å². The van der Waals surface area contributed by atoms with Gasteiger partial charge < -0.3 is 15.4 Å². The zero-order chi connectivity index (χ0) is 20.1. The summed E-state index contributed by atoms with van der Waals surface area (Å²) in [4.78, 5) is 20.9. The van der Waals surface area contributed by atoms with E-state index in [0.29, 0.717) is 29.9 Å². The molecule has 6 heteroatoms. The molecule has 2 aromatic rings. The monoisotopic (exact) mass is 382 g/mol. The number of amides is 1. The van der Waals surface area contributed by atoms with E-state index in [4.69, 9.17) is 4.74 Å². The van der Waals surface area contributed by atoms with Gasteiger partial charge in [0.05, 0.1) is 6.10 Å². The lowest BCUT2D eigenvalue weighted by Crippen LogP contribution is -2.32. The van der Waals surface area contributed by atoms with Crippen LogP contribution in [0.15, 0.2) is 30.6 Å². The van der Waals surface area contributed by atoms with Crippen LogP contribution in [-0.2, 0) is 4.74 Å². The van der Waals surface area contributed by atoms with Gasteiger partial charge in [0.2, 0.25) is 0 Å². The first-order valence-electron chi connectivity index (χ1n) is 10.1. The highest BCUT2D eigenvalue weighted by Crippen LogP contribution is 2.34. The average Bonchev–Trinajstić information content (AvgIpc) is 3.19. The van der Waals surface area contributed by atoms with Gasteiger partial charge in [0.1, 0.15) is 17.8 Å². The molecule has 1 amide bonds. The van der Waals surface area contributed by atoms with Crippen molar-refractivity contribution >= 4 is 17.4 Å². The Balaban J connectivity index is 1.78. The summed E-state index contributed by atoms with van der Waals surface area (Å²) in [5.74, 6) is 1.16. The van der Waals surface area contributed by atoms with Crippen molar-refractivity contribution in [1.82, 2.24) is 15.3 Å². The average molecular weight is 383 g/mol. The van der Waals surface area contributed by atoms with E-state index in [1.165, 1.54) is 17.5 Å². The highest BCUT2D eigenvalue weighted by atomic mass is 16.5. The van der Waals surface area contributed by atoms with E-state index in [9.17, 15) is 4.79 Å². The van der Waals surface area contributed by atoms with Gasteiger partial charge in [-0.3, -0.25) is 4.79 Å². The van der Waals surface area contributed by atoms with Crippen LogP contribution >= 0.6 is 0 Å². The Labute approximate surface area is 167 Å².